The lowest BCUT2D eigenvalue weighted by atomic mass is 9.86. The quantitative estimate of drug-likeness (QED) is 0.683. The van der Waals surface area contributed by atoms with Crippen molar-refractivity contribution in [3.8, 4) is 11.5 Å². The lowest BCUT2D eigenvalue weighted by molar-refractivity contribution is -0.142. The van der Waals surface area contributed by atoms with Gasteiger partial charge >= 0.3 is 5.97 Å². The molecule has 0 saturated carbocycles. The van der Waals surface area contributed by atoms with Crippen LogP contribution < -0.4 is 15.0 Å². The second-order valence-electron chi connectivity index (χ2n) is 6.78. The van der Waals surface area contributed by atoms with Crippen LogP contribution in [0.3, 0.4) is 0 Å². The van der Waals surface area contributed by atoms with Gasteiger partial charge in [-0.3, -0.25) is 19.7 Å². The number of nitrogens with zero attached hydrogens (tertiary/aromatic N) is 1. The first-order valence-electron chi connectivity index (χ1n) is 8.72. The number of aromatic hydroxyl groups is 1. The van der Waals surface area contributed by atoms with Crippen LogP contribution in [-0.4, -0.2) is 41.1 Å². The van der Waals surface area contributed by atoms with E-state index in [4.69, 9.17) is 4.74 Å². The van der Waals surface area contributed by atoms with Gasteiger partial charge in [0.1, 0.15) is 17.5 Å². The second-order valence-corrected chi connectivity index (χ2v) is 6.78. The molecule has 2 aliphatic heterocycles. The van der Waals surface area contributed by atoms with Gasteiger partial charge in [-0.2, -0.15) is 0 Å². The maximum Gasteiger partial charge on any atom is 0.321 e. The van der Waals surface area contributed by atoms with E-state index in [0.29, 0.717) is 17.0 Å². The molecule has 2 fully saturated rings. The predicted octanol–water partition coefficient (Wildman–Crippen LogP) is 1.30. The van der Waals surface area contributed by atoms with Gasteiger partial charge in [-0.1, -0.05) is 18.2 Å². The highest BCUT2D eigenvalue weighted by Gasteiger charge is 2.61. The monoisotopic (exact) mass is 382 g/mol. The number of amides is 2. The minimum atomic E-state index is -1.23. The lowest BCUT2D eigenvalue weighted by Crippen LogP contribution is -2.43. The first-order valence-corrected chi connectivity index (χ1v) is 8.72. The third kappa shape index (κ3) is 2.61. The van der Waals surface area contributed by atoms with Gasteiger partial charge in [-0.25, -0.2) is 4.90 Å². The van der Waals surface area contributed by atoms with Crippen molar-refractivity contribution in [3.63, 3.8) is 0 Å². The molecule has 8 heteroatoms. The number of methoxy groups -OCH3 is 1. The zero-order valence-corrected chi connectivity index (χ0v) is 14.9. The molecule has 2 aliphatic rings. The zero-order valence-electron chi connectivity index (χ0n) is 14.9. The zero-order chi connectivity index (χ0) is 20.0. The fourth-order valence-electron chi connectivity index (χ4n) is 4.06. The molecular weight excluding hydrogens is 364 g/mol. The summed E-state index contributed by atoms with van der Waals surface area (Å²) in [4.78, 5) is 39.0. The largest absolute Gasteiger partial charge is 0.508 e. The van der Waals surface area contributed by atoms with Gasteiger partial charge < -0.3 is 14.9 Å². The van der Waals surface area contributed by atoms with Crippen molar-refractivity contribution >= 4 is 23.5 Å². The number of phenols is 1. The van der Waals surface area contributed by atoms with E-state index in [0.717, 1.165) is 4.90 Å². The van der Waals surface area contributed by atoms with Gasteiger partial charge in [-0.05, 0) is 30.3 Å². The van der Waals surface area contributed by atoms with Crippen LogP contribution in [0.15, 0.2) is 48.5 Å². The predicted molar refractivity (Wildman–Crippen MR) is 97.9 cm³/mol. The molecule has 0 bridgehead atoms. The Balaban J connectivity index is 1.76. The van der Waals surface area contributed by atoms with Gasteiger partial charge in [0.05, 0.1) is 24.6 Å². The average molecular weight is 382 g/mol. The Bertz CT molecular complexity index is 957. The molecule has 0 aliphatic carbocycles. The fourth-order valence-corrected chi connectivity index (χ4v) is 4.06. The number of para-hydroxylation sites is 1. The SMILES string of the molecule is COc1ccc(N2C(=O)[C@@H]3[C@H](C2=O)[C@H](C(=O)O)N[C@@H]3c2ccccc2O)cc1. The van der Waals surface area contributed by atoms with E-state index < -0.39 is 41.7 Å². The number of carboxylic acids is 1. The molecule has 2 amide bonds. The van der Waals surface area contributed by atoms with Crippen molar-refractivity contribution in [1.82, 2.24) is 5.32 Å². The van der Waals surface area contributed by atoms with Gasteiger partial charge in [0.2, 0.25) is 11.8 Å². The van der Waals surface area contributed by atoms with Crippen LogP contribution in [-0.2, 0) is 14.4 Å². The van der Waals surface area contributed by atoms with Crippen LogP contribution in [0.2, 0.25) is 0 Å². The van der Waals surface area contributed by atoms with Crippen LogP contribution in [0, 0.1) is 11.8 Å². The normalized spacial score (nSPS) is 26.4. The lowest BCUT2D eigenvalue weighted by Gasteiger charge is -2.22. The van der Waals surface area contributed by atoms with Crippen molar-refractivity contribution in [3.05, 3.63) is 54.1 Å². The molecule has 3 N–H and O–H groups in total. The maximum absolute atomic E-state index is 13.2. The minimum absolute atomic E-state index is 0.0621. The first kappa shape index (κ1) is 18.0. The summed E-state index contributed by atoms with van der Waals surface area (Å²) in [5.74, 6) is -3.76. The highest BCUT2D eigenvalue weighted by Crippen LogP contribution is 2.47. The number of ether oxygens (including phenoxy) is 1. The molecule has 2 aromatic carbocycles. The molecule has 0 aromatic heterocycles. The fraction of sp³-hybridized carbons (Fsp3) is 0.250. The van der Waals surface area contributed by atoms with E-state index >= 15 is 0 Å². The Morgan fingerprint density at radius 3 is 2.29 bits per heavy atom. The summed E-state index contributed by atoms with van der Waals surface area (Å²) in [5, 5.41) is 22.7. The highest BCUT2D eigenvalue weighted by atomic mass is 16.5. The van der Waals surface area contributed by atoms with Gasteiger partial charge in [-0.15, -0.1) is 0 Å². The van der Waals surface area contributed by atoms with Gasteiger partial charge in [0.15, 0.2) is 0 Å². The van der Waals surface area contributed by atoms with Crippen molar-refractivity contribution in [1.29, 1.82) is 0 Å². The number of hydrogen-bond acceptors (Lipinski definition) is 6. The summed E-state index contributed by atoms with van der Waals surface area (Å²) >= 11 is 0. The Labute approximate surface area is 160 Å². The highest BCUT2D eigenvalue weighted by molar-refractivity contribution is 6.23. The molecule has 0 radical (unpaired) electrons. The van der Waals surface area contributed by atoms with Gasteiger partial charge in [0, 0.05) is 11.6 Å². The molecule has 2 aromatic rings. The van der Waals surface area contributed by atoms with Crippen molar-refractivity contribution < 1.29 is 29.3 Å². The number of anilines is 1. The first-order chi connectivity index (χ1) is 13.4. The Kier molecular flexibility index (Phi) is 4.27. The molecule has 8 nitrogen and oxygen atoms in total. The Hall–Kier alpha value is -3.39. The minimum Gasteiger partial charge on any atom is -0.508 e. The molecule has 0 spiro atoms. The number of aliphatic carboxylic acids is 1. The summed E-state index contributed by atoms with van der Waals surface area (Å²) in [6.45, 7) is 0. The Morgan fingerprint density at radius 1 is 1.04 bits per heavy atom. The maximum atomic E-state index is 13.2. The number of hydrogen-bond donors (Lipinski definition) is 3. The van der Waals surface area contributed by atoms with Crippen LogP contribution in [0.5, 0.6) is 11.5 Å². The average Bonchev–Trinajstić information content (AvgIpc) is 3.20. The van der Waals surface area contributed by atoms with E-state index in [1.807, 2.05) is 0 Å². The molecule has 2 saturated heterocycles. The number of fused-ring (bicyclic) bond motifs is 1. The van der Waals surface area contributed by atoms with Crippen molar-refractivity contribution in [2.75, 3.05) is 12.0 Å². The number of nitrogens with one attached hydrogen (secondary N) is 1. The molecular formula is C20H18N2O6. The molecule has 4 rings (SSSR count). The molecule has 2 heterocycles. The van der Waals surface area contributed by atoms with E-state index in [-0.39, 0.29) is 5.75 Å². The van der Waals surface area contributed by atoms with E-state index in [1.54, 1.807) is 42.5 Å². The summed E-state index contributed by atoms with van der Waals surface area (Å²) < 4.78 is 5.09. The van der Waals surface area contributed by atoms with E-state index in [9.17, 15) is 24.6 Å². The van der Waals surface area contributed by atoms with Crippen LogP contribution in [0.1, 0.15) is 11.6 Å². The van der Waals surface area contributed by atoms with Crippen LogP contribution >= 0.6 is 0 Å². The summed E-state index contributed by atoms with van der Waals surface area (Å²) in [6.07, 6.45) is 0. The number of carbonyl (C=O) groups is 3. The molecule has 0 unspecified atom stereocenters. The second kappa shape index (κ2) is 6.65. The van der Waals surface area contributed by atoms with Crippen LogP contribution in [0.25, 0.3) is 0 Å². The number of phenolic OH excluding ortho intramolecular Hbond substituents is 1. The summed E-state index contributed by atoms with van der Waals surface area (Å²) in [7, 11) is 1.51. The van der Waals surface area contributed by atoms with Crippen molar-refractivity contribution in [2.24, 2.45) is 11.8 Å². The number of rotatable bonds is 4. The van der Waals surface area contributed by atoms with Crippen LogP contribution in [0.4, 0.5) is 5.69 Å². The Morgan fingerprint density at radius 2 is 1.68 bits per heavy atom. The molecule has 144 valence electrons. The third-order valence-electron chi connectivity index (χ3n) is 5.34. The van der Waals surface area contributed by atoms with Gasteiger partial charge in [0.25, 0.3) is 0 Å². The number of carbonyl (C=O) groups excluding carboxylic acids is 2. The van der Waals surface area contributed by atoms with E-state index in [2.05, 4.69) is 5.32 Å². The standard InChI is InChI=1S/C20H18N2O6/c1-28-11-8-6-10(7-9-11)22-18(24)14-15(19(22)25)17(20(26)27)21-16(14)12-4-2-3-5-13(12)23/h2-9,14-17,21,23H,1H3,(H,26,27)/t14-,15+,16-,17-/m1/s1. The topological polar surface area (TPSA) is 116 Å². The number of carboxylic acid groups (broad SMARTS) is 1. The van der Waals surface area contributed by atoms with E-state index in [1.165, 1.54) is 13.2 Å². The van der Waals surface area contributed by atoms with Crippen molar-refractivity contribution in [2.45, 2.75) is 12.1 Å². The number of imide groups is 1. The molecule has 28 heavy (non-hydrogen) atoms. The smallest absolute Gasteiger partial charge is 0.321 e. The summed E-state index contributed by atoms with van der Waals surface area (Å²) in [5.41, 5.74) is 0.740. The number of benzene rings is 2. The molecule has 4 atom stereocenters. The summed E-state index contributed by atoms with van der Waals surface area (Å²) in [6, 6.07) is 10.8. The third-order valence-corrected chi connectivity index (χ3v) is 5.34.